The highest BCUT2D eigenvalue weighted by Crippen LogP contribution is 2.32. The summed E-state index contributed by atoms with van der Waals surface area (Å²) in [7, 11) is 1.78. The molecule has 1 aliphatic rings. The van der Waals surface area contributed by atoms with E-state index in [-0.39, 0.29) is 24.8 Å². The Kier molecular flexibility index (Phi) is 5.55. The van der Waals surface area contributed by atoms with Crippen LogP contribution in [0.25, 0.3) is 0 Å². The molecule has 2 atom stereocenters. The fourth-order valence-corrected chi connectivity index (χ4v) is 3.93. The highest BCUT2D eigenvalue weighted by molar-refractivity contribution is 6.33. The molecule has 2 unspecified atom stereocenters. The van der Waals surface area contributed by atoms with Crippen LogP contribution in [0, 0.1) is 11.7 Å². The SMILES string of the molecule is Cn1ccnc1C(NC(=O)C1CC(=O)N(c2ccccc2Cl)C1)c1ccccc1F. The van der Waals surface area contributed by atoms with Crippen LogP contribution in [0.3, 0.4) is 0 Å². The first-order valence-electron chi connectivity index (χ1n) is 9.52. The lowest BCUT2D eigenvalue weighted by Gasteiger charge is -2.22. The number of halogens is 2. The molecule has 6 nitrogen and oxygen atoms in total. The van der Waals surface area contributed by atoms with Gasteiger partial charge >= 0.3 is 0 Å². The van der Waals surface area contributed by atoms with Gasteiger partial charge in [-0.2, -0.15) is 0 Å². The molecular formula is C22H20ClFN4O2. The minimum Gasteiger partial charge on any atom is -0.342 e. The fraction of sp³-hybridized carbons (Fsp3) is 0.227. The first-order chi connectivity index (χ1) is 14.5. The van der Waals surface area contributed by atoms with Crippen molar-refractivity contribution >= 4 is 29.1 Å². The van der Waals surface area contributed by atoms with E-state index < -0.39 is 17.8 Å². The largest absolute Gasteiger partial charge is 0.342 e. The minimum absolute atomic E-state index is 0.0572. The zero-order chi connectivity index (χ0) is 21.3. The molecule has 0 bridgehead atoms. The Bertz CT molecular complexity index is 1100. The first-order valence-corrected chi connectivity index (χ1v) is 9.90. The summed E-state index contributed by atoms with van der Waals surface area (Å²) < 4.78 is 16.2. The number of imidazole rings is 1. The summed E-state index contributed by atoms with van der Waals surface area (Å²) in [5.41, 5.74) is 0.890. The summed E-state index contributed by atoms with van der Waals surface area (Å²) in [6.07, 6.45) is 3.38. The standard InChI is InChI=1S/C22H20ClFN4O2/c1-27-11-10-25-21(27)20(15-6-2-4-8-17(15)24)26-22(30)14-12-19(29)28(13-14)18-9-5-3-7-16(18)23/h2-11,14,20H,12-13H2,1H3,(H,26,30). The number of aromatic nitrogens is 2. The second-order valence-corrected chi connectivity index (χ2v) is 7.62. The minimum atomic E-state index is -0.775. The number of benzene rings is 2. The van der Waals surface area contributed by atoms with Crippen LogP contribution in [-0.2, 0) is 16.6 Å². The van der Waals surface area contributed by atoms with Crippen LogP contribution in [0.2, 0.25) is 5.02 Å². The van der Waals surface area contributed by atoms with Crippen LogP contribution < -0.4 is 10.2 Å². The van der Waals surface area contributed by atoms with Crippen molar-refractivity contribution in [1.29, 1.82) is 0 Å². The van der Waals surface area contributed by atoms with Crippen LogP contribution in [0.15, 0.2) is 60.9 Å². The third-order valence-corrected chi connectivity index (χ3v) is 5.58. The molecule has 1 aromatic heterocycles. The number of nitrogens with zero attached hydrogens (tertiary/aromatic N) is 3. The molecule has 0 saturated carbocycles. The maximum absolute atomic E-state index is 14.5. The highest BCUT2D eigenvalue weighted by atomic mass is 35.5. The van der Waals surface area contributed by atoms with E-state index in [4.69, 9.17) is 11.6 Å². The van der Waals surface area contributed by atoms with Crippen molar-refractivity contribution in [3.63, 3.8) is 0 Å². The van der Waals surface area contributed by atoms with E-state index in [1.807, 2.05) is 0 Å². The molecule has 8 heteroatoms. The number of rotatable bonds is 5. The van der Waals surface area contributed by atoms with Crippen molar-refractivity contribution < 1.29 is 14.0 Å². The molecule has 1 fully saturated rings. The normalized spacial score (nSPS) is 17.2. The number of amides is 2. The van der Waals surface area contributed by atoms with Gasteiger partial charge in [0.05, 0.1) is 16.6 Å². The zero-order valence-corrected chi connectivity index (χ0v) is 17.0. The van der Waals surface area contributed by atoms with E-state index in [0.29, 0.717) is 22.1 Å². The first kappa shape index (κ1) is 20.1. The fourth-order valence-electron chi connectivity index (χ4n) is 3.69. The molecule has 2 aromatic carbocycles. The number of hydrogen-bond donors (Lipinski definition) is 1. The van der Waals surface area contributed by atoms with E-state index in [2.05, 4.69) is 10.3 Å². The topological polar surface area (TPSA) is 67.2 Å². The Morgan fingerprint density at radius 2 is 1.97 bits per heavy atom. The third kappa shape index (κ3) is 3.80. The van der Waals surface area contributed by atoms with Gasteiger partial charge in [0, 0.05) is 38.0 Å². The Hall–Kier alpha value is -3.19. The van der Waals surface area contributed by atoms with Crippen LogP contribution >= 0.6 is 11.6 Å². The van der Waals surface area contributed by atoms with Gasteiger partial charge in [0.2, 0.25) is 11.8 Å². The lowest BCUT2D eigenvalue weighted by molar-refractivity contribution is -0.126. The monoisotopic (exact) mass is 426 g/mol. The van der Waals surface area contributed by atoms with Crippen molar-refractivity contribution in [3.05, 3.63) is 83.2 Å². The van der Waals surface area contributed by atoms with Gasteiger partial charge in [-0.3, -0.25) is 9.59 Å². The number of anilines is 1. The van der Waals surface area contributed by atoms with Gasteiger partial charge in [-0.25, -0.2) is 9.37 Å². The van der Waals surface area contributed by atoms with E-state index in [0.717, 1.165) is 0 Å². The number of nitrogens with one attached hydrogen (secondary N) is 1. The molecule has 3 aromatic rings. The zero-order valence-electron chi connectivity index (χ0n) is 16.3. The molecule has 1 saturated heterocycles. The number of aryl methyl sites for hydroxylation is 1. The van der Waals surface area contributed by atoms with Gasteiger partial charge in [0.25, 0.3) is 0 Å². The molecule has 2 heterocycles. The lowest BCUT2D eigenvalue weighted by atomic mass is 10.0. The average Bonchev–Trinajstić information content (AvgIpc) is 3.33. The number of para-hydroxylation sites is 1. The van der Waals surface area contributed by atoms with Crippen molar-refractivity contribution in [2.24, 2.45) is 13.0 Å². The molecule has 1 aliphatic heterocycles. The molecule has 4 rings (SSSR count). The van der Waals surface area contributed by atoms with Gasteiger partial charge in [0.15, 0.2) is 0 Å². The number of carbonyl (C=O) groups excluding carboxylic acids is 2. The Labute approximate surface area is 178 Å². The predicted molar refractivity (Wildman–Crippen MR) is 112 cm³/mol. The third-order valence-electron chi connectivity index (χ3n) is 5.26. The summed E-state index contributed by atoms with van der Waals surface area (Å²) in [6.45, 7) is 0.207. The number of hydrogen-bond acceptors (Lipinski definition) is 3. The summed E-state index contributed by atoms with van der Waals surface area (Å²) in [5, 5.41) is 3.34. The van der Waals surface area contributed by atoms with E-state index >= 15 is 0 Å². The van der Waals surface area contributed by atoms with Gasteiger partial charge in [-0.1, -0.05) is 41.9 Å². The maximum Gasteiger partial charge on any atom is 0.227 e. The summed E-state index contributed by atoms with van der Waals surface area (Å²) in [6, 6.07) is 12.5. The van der Waals surface area contributed by atoms with E-state index in [9.17, 15) is 14.0 Å². The molecule has 1 N–H and O–H groups in total. The summed E-state index contributed by atoms with van der Waals surface area (Å²) >= 11 is 6.22. The Morgan fingerprint density at radius 1 is 1.23 bits per heavy atom. The van der Waals surface area contributed by atoms with Crippen LogP contribution in [0.1, 0.15) is 23.9 Å². The molecule has 0 spiro atoms. The van der Waals surface area contributed by atoms with Gasteiger partial charge < -0.3 is 14.8 Å². The van der Waals surface area contributed by atoms with Crippen LogP contribution in [0.4, 0.5) is 10.1 Å². The lowest BCUT2D eigenvalue weighted by Crippen LogP contribution is -2.37. The molecule has 30 heavy (non-hydrogen) atoms. The second kappa shape index (κ2) is 8.28. The highest BCUT2D eigenvalue weighted by Gasteiger charge is 2.37. The second-order valence-electron chi connectivity index (χ2n) is 7.22. The van der Waals surface area contributed by atoms with Gasteiger partial charge in [-0.15, -0.1) is 0 Å². The van der Waals surface area contributed by atoms with Gasteiger partial charge in [-0.05, 0) is 18.2 Å². The van der Waals surface area contributed by atoms with Crippen molar-refractivity contribution in [2.75, 3.05) is 11.4 Å². The van der Waals surface area contributed by atoms with E-state index in [1.165, 1.54) is 11.0 Å². The molecule has 0 aliphatic carbocycles. The predicted octanol–water partition coefficient (Wildman–Crippen LogP) is 3.47. The molecular weight excluding hydrogens is 407 g/mol. The quantitative estimate of drug-likeness (QED) is 0.679. The molecule has 0 radical (unpaired) electrons. The van der Waals surface area contributed by atoms with Crippen molar-refractivity contribution in [1.82, 2.24) is 14.9 Å². The molecule has 154 valence electrons. The average molecular weight is 427 g/mol. The Morgan fingerprint density at radius 3 is 2.67 bits per heavy atom. The van der Waals surface area contributed by atoms with E-state index in [1.54, 1.807) is 66.5 Å². The van der Waals surface area contributed by atoms with Crippen LogP contribution in [0.5, 0.6) is 0 Å². The smallest absolute Gasteiger partial charge is 0.227 e. The molecule has 2 amide bonds. The summed E-state index contributed by atoms with van der Waals surface area (Å²) in [5.74, 6) is -1.04. The number of carbonyl (C=O) groups is 2. The van der Waals surface area contributed by atoms with Crippen molar-refractivity contribution in [3.8, 4) is 0 Å². The summed E-state index contributed by atoms with van der Waals surface area (Å²) in [4.78, 5) is 31.4. The Balaban J connectivity index is 1.58. The van der Waals surface area contributed by atoms with Crippen LogP contribution in [-0.4, -0.2) is 27.9 Å². The van der Waals surface area contributed by atoms with Gasteiger partial charge in [0.1, 0.15) is 17.7 Å². The maximum atomic E-state index is 14.5. The van der Waals surface area contributed by atoms with Crippen molar-refractivity contribution in [2.45, 2.75) is 12.5 Å².